The van der Waals surface area contributed by atoms with Crippen LogP contribution in [0.15, 0.2) is 52.0 Å². The molecule has 1 aromatic heterocycles. The topological polar surface area (TPSA) is 105 Å². The molecule has 2 rings (SSSR count). The number of sulfone groups is 1. The second-order valence-corrected chi connectivity index (χ2v) is 7.96. The number of furan rings is 1. The molecule has 140 valence electrons. The lowest BCUT2D eigenvalue weighted by molar-refractivity contribution is -0.139. The number of rotatable bonds is 7. The number of hydrogen-bond donors (Lipinski definition) is 2. The van der Waals surface area contributed by atoms with Crippen molar-refractivity contribution < 1.29 is 22.4 Å². The van der Waals surface area contributed by atoms with Crippen molar-refractivity contribution in [2.24, 2.45) is 0 Å². The van der Waals surface area contributed by atoms with Gasteiger partial charge in [0.15, 0.2) is 9.84 Å². The van der Waals surface area contributed by atoms with Crippen LogP contribution in [-0.4, -0.2) is 33.3 Å². The van der Waals surface area contributed by atoms with Gasteiger partial charge in [0, 0.05) is 13.1 Å². The fourth-order valence-electron chi connectivity index (χ4n) is 2.31. The van der Waals surface area contributed by atoms with E-state index in [0.29, 0.717) is 13.0 Å². The monoisotopic (exact) mass is 378 g/mol. The Morgan fingerprint density at radius 1 is 1.08 bits per heavy atom. The number of aryl methyl sites for hydroxylation is 1. The molecule has 2 aromatic rings. The summed E-state index contributed by atoms with van der Waals surface area (Å²) in [6.07, 6.45) is 2.05. The molecule has 1 heterocycles. The van der Waals surface area contributed by atoms with E-state index in [1.165, 1.54) is 24.5 Å². The van der Waals surface area contributed by atoms with Gasteiger partial charge in [0.1, 0.15) is 11.0 Å². The van der Waals surface area contributed by atoms with Crippen molar-refractivity contribution in [3.63, 3.8) is 0 Å². The number of benzene rings is 1. The average Bonchev–Trinajstić information content (AvgIpc) is 3.14. The SMILES string of the molecule is CCCNC(=O)C(=O)NC[C@H](c1ccco1)S(=O)(=O)c1ccc(C)cc1. The molecule has 2 amide bonds. The molecule has 0 unspecified atom stereocenters. The van der Waals surface area contributed by atoms with Gasteiger partial charge in [-0.05, 0) is 37.6 Å². The van der Waals surface area contributed by atoms with E-state index < -0.39 is 26.9 Å². The van der Waals surface area contributed by atoms with E-state index in [9.17, 15) is 18.0 Å². The van der Waals surface area contributed by atoms with Crippen molar-refractivity contribution in [2.45, 2.75) is 30.4 Å². The molecule has 1 atom stereocenters. The Balaban J connectivity index is 2.21. The molecule has 0 aliphatic heterocycles. The molecule has 2 N–H and O–H groups in total. The molecule has 0 saturated heterocycles. The number of carbonyl (C=O) groups excluding carboxylic acids is 2. The number of carbonyl (C=O) groups is 2. The predicted molar refractivity (Wildman–Crippen MR) is 96.1 cm³/mol. The van der Waals surface area contributed by atoms with Crippen molar-refractivity contribution >= 4 is 21.7 Å². The largest absolute Gasteiger partial charge is 0.468 e. The van der Waals surface area contributed by atoms with E-state index in [4.69, 9.17) is 4.42 Å². The summed E-state index contributed by atoms with van der Waals surface area (Å²) in [5, 5.41) is 3.68. The Morgan fingerprint density at radius 3 is 2.31 bits per heavy atom. The summed E-state index contributed by atoms with van der Waals surface area (Å²) in [5.41, 5.74) is 0.930. The van der Waals surface area contributed by atoms with Crippen LogP contribution >= 0.6 is 0 Å². The van der Waals surface area contributed by atoms with Crippen LogP contribution < -0.4 is 10.6 Å². The van der Waals surface area contributed by atoms with E-state index >= 15 is 0 Å². The molecule has 1 aromatic carbocycles. The Hall–Kier alpha value is -2.61. The third-order valence-corrected chi connectivity index (χ3v) is 5.85. The molecule has 0 aliphatic rings. The summed E-state index contributed by atoms with van der Waals surface area (Å²) in [7, 11) is -3.82. The lowest BCUT2D eigenvalue weighted by Crippen LogP contribution is -2.42. The summed E-state index contributed by atoms with van der Waals surface area (Å²) in [6, 6.07) is 9.51. The lowest BCUT2D eigenvalue weighted by atomic mass is 10.2. The normalized spacial score (nSPS) is 12.4. The maximum atomic E-state index is 13.0. The lowest BCUT2D eigenvalue weighted by Gasteiger charge is -2.16. The fraction of sp³-hybridized carbons (Fsp3) is 0.333. The van der Waals surface area contributed by atoms with Gasteiger partial charge in [0.05, 0.1) is 11.2 Å². The van der Waals surface area contributed by atoms with Crippen LogP contribution in [0.2, 0.25) is 0 Å². The molecular weight excluding hydrogens is 356 g/mol. The summed E-state index contributed by atoms with van der Waals surface area (Å²) in [6.45, 7) is 3.81. The van der Waals surface area contributed by atoms with Gasteiger partial charge in [-0.1, -0.05) is 24.6 Å². The first kappa shape index (κ1) is 19.7. The average molecular weight is 378 g/mol. The zero-order chi connectivity index (χ0) is 19.2. The van der Waals surface area contributed by atoms with Crippen molar-refractivity contribution in [1.82, 2.24) is 10.6 Å². The molecule has 26 heavy (non-hydrogen) atoms. The van der Waals surface area contributed by atoms with Crippen LogP contribution in [-0.2, 0) is 19.4 Å². The quantitative estimate of drug-likeness (QED) is 0.714. The first-order valence-electron chi connectivity index (χ1n) is 8.26. The van der Waals surface area contributed by atoms with Crippen LogP contribution in [0.3, 0.4) is 0 Å². The van der Waals surface area contributed by atoms with Gasteiger partial charge in [-0.3, -0.25) is 9.59 Å². The minimum atomic E-state index is -3.82. The van der Waals surface area contributed by atoms with E-state index in [1.54, 1.807) is 18.2 Å². The van der Waals surface area contributed by atoms with E-state index in [1.807, 2.05) is 13.8 Å². The predicted octanol–water partition coefficient (Wildman–Crippen LogP) is 1.75. The highest BCUT2D eigenvalue weighted by Gasteiger charge is 2.32. The van der Waals surface area contributed by atoms with Gasteiger partial charge in [0.25, 0.3) is 0 Å². The standard InChI is InChI=1S/C18H22N2O5S/c1-3-10-19-17(21)18(22)20-12-16(15-5-4-11-25-15)26(23,24)14-8-6-13(2)7-9-14/h4-9,11,16H,3,10,12H2,1-2H3,(H,19,21)(H,20,22)/t16-/m1/s1. The second-order valence-electron chi connectivity index (χ2n) is 5.83. The third kappa shape index (κ3) is 4.72. The fourth-order valence-corrected chi connectivity index (χ4v) is 3.90. The highest BCUT2D eigenvalue weighted by molar-refractivity contribution is 7.91. The van der Waals surface area contributed by atoms with Gasteiger partial charge >= 0.3 is 11.8 Å². The van der Waals surface area contributed by atoms with Gasteiger partial charge in [-0.2, -0.15) is 0 Å². The van der Waals surface area contributed by atoms with Crippen LogP contribution in [0.25, 0.3) is 0 Å². The van der Waals surface area contributed by atoms with E-state index in [2.05, 4.69) is 10.6 Å². The molecule has 0 bridgehead atoms. The molecule has 7 nitrogen and oxygen atoms in total. The second kappa shape index (κ2) is 8.66. The zero-order valence-electron chi connectivity index (χ0n) is 14.7. The first-order chi connectivity index (χ1) is 12.4. The molecule has 0 fully saturated rings. The van der Waals surface area contributed by atoms with Gasteiger partial charge in [-0.25, -0.2) is 8.42 Å². The zero-order valence-corrected chi connectivity index (χ0v) is 15.5. The van der Waals surface area contributed by atoms with Crippen LogP contribution in [0.4, 0.5) is 0 Å². The highest BCUT2D eigenvalue weighted by atomic mass is 32.2. The molecule has 0 radical (unpaired) electrons. The van der Waals surface area contributed by atoms with E-state index in [-0.39, 0.29) is 17.2 Å². The minimum Gasteiger partial charge on any atom is -0.468 e. The smallest absolute Gasteiger partial charge is 0.309 e. The molecule has 0 aliphatic carbocycles. The minimum absolute atomic E-state index is 0.120. The first-order valence-corrected chi connectivity index (χ1v) is 9.81. The molecule has 0 spiro atoms. The molecular formula is C18H22N2O5S. The Bertz CT molecular complexity index is 842. The van der Waals surface area contributed by atoms with Gasteiger partial charge in [-0.15, -0.1) is 0 Å². The molecule has 8 heteroatoms. The Labute approximate surface area is 152 Å². The highest BCUT2D eigenvalue weighted by Crippen LogP contribution is 2.29. The summed E-state index contributed by atoms with van der Waals surface area (Å²) < 4.78 is 31.2. The Kier molecular flexibility index (Phi) is 6.57. The third-order valence-electron chi connectivity index (χ3n) is 3.77. The van der Waals surface area contributed by atoms with Crippen molar-refractivity contribution in [1.29, 1.82) is 0 Å². The summed E-state index contributed by atoms with van der Waals surface area (Å²) in [5.74, 6) is -1.48. The molecule has 0 saturated carbocycles. The van der Waals surface area contributed by atoms with Crippen LogP contribution in [0.5, 0.6) is 0 Å². The van der Waals surface area contributed by atoms with E-state index in [0.717, 1.165) is 5.56 Å². The van der Waals surface area contributed by atoms with Crippen LogP contribution in [0, 0.1) is 6.92 Å². The number of nitrogens with one attached hydrogen (secondary N) is 2. The number of amides is 2. The van der Waals surface area contributed by atoms with Gasteiger partial charge < -0.3 is 15.1 Å². The summed E-state index contributed by atoms with van der Waals surface area (Å²) in [4.78, 5) is 23.7. The maximum absolute atomic E-state index is 13.0. The van der Waals surface area contributed by atoms with Gasteiger partial charge in [0.2, 0.25) is 0 Å². The Morgan fingerprint density at radius 2 is 1.73 bits per heavy atom. The summed E-state index contributed by atoms with van der Waals surface area (Å²) >= 11 is 0. The van der Waals surface area contributed by atoms with Crippen molar-refractivity contribution in [3.05, 3.63) is 54.0 Å². The van der Waals surface area contributed by atoms with Crippen molar-refractivity contribution in [2.75, 3.05) is 13.1 Å². The van der Waals surface area contributed by atoms with Crippen molar-refractivity contribution in [3.8, 4) is 0 Å². The number of hydrogen-bond acceptors (Lipinski definition) is 5. The van der Waals surface area contributed by atoms with Crippen LogP contribution in [0.1, 0.15) is 29.9 Å². The maximum Gasteiger partial charge on any atom is 0.309 e.